The van der Waals surface area contributed by atoms with E-state index < -0.39 is 5.41 Å². The third kappa shape index (κ3) is 5.26. The molecule has 1 aliphatic heterocycles. The Morgan fingerprint density at radius 3 is 1.49 bits per heavy atom. The molecule has 57 heavy (non-hydrogen) atoms. The number of anilines is 3. The number of nitrogens with zero attached hydrogens (tertiary/aromatic N) is 1. The Hall–Kier alpha value is -7.14. The van der Waals surface area contributed by atoms with Gasteiger partial charge in [0, 0.05) is 11.3 Å². The molecule has 0 bridgehead atoms. The lowest BCUT2D eigenvalue weighted by Gasteiger charge is -2.34. The SMILES string of the molecule is c1ccc(-c2ccccc2N(c2ccc(C3(c4ccccc4)c4ccccc4-c4ccccc43)cc2)c2sc(-c3ccccc3)c3c2Oc2ccccc2O3)cc1. The Morgan fingerprint density at radius 2 is 0.860 bits per heavy atom. The molecule has 0 unspecified atom stereocenters. The van der Waals surface area contributed by atoms with Crippen LogP contribution in [0.2, 0.25) is 0 Å². The van der Waals surface area contributed by atoms with Crippen LogP contribution in [0.4, 0.5) is 16.4 Å². The average molecular weight is 750 g/mol. The van der Waals surface area contributed by atoms with Gasteiger partial charge in [0.05, 0.1) is 16.0 Å². The first-order chi connectivity index (χ1) is 28.3. The molecule has 2 aliphatic rings. The molecule has 0 saturated carbocycles. The molecule has 1 aliphatic carbocycles. The summed E-state index contributed by atoms with van der Waals surface area (Å²) < 4.78 is 13.6. The van der Waals surface area contributed by atoms with Crippen LogP contribution in [0.3, 0.4) is 0 Å². The van der Waals surface area contributed by atoms with E-state index >= 15 is 0 Å². The summed E-state index contributed by atoms with van der Waals surface area (Å²) in [6, 6.07) is 75.5. The highest BCUT2D eigenvalue weighted by Crippen LogP contribution is 2.62. The lowest BCUT2D eigenvalue weighted by Crippen LogP contribution is -2.28. The average Bonchev–Trinajstić information content (AvgIpc) is 3.80. The first-order valence-corrected chi connectivity index (χ1v) is 20.1. The lowest BCUT2D eigenvalue weighted by molar-refractivity contribution is 0.364. The third-order valence-electron chi connectivity index (χ3n) is 11.3. The maximum Gasteiger partial charge on any atom is 0.205 e. The molecule has 4 heteroatoms. The van der Waals surface area contributed by atoms with Gasteiger partial charge in [-0.05, 0) is 74.8 Å². The second-order valence-electron chi connectivity index (χ2n) is 14.4. The first kappa shape index (κ1) is 33.2. The number of ether oxygens (including phenoxy) is 2. The first-order valence-electron chi connectivity index (χ1n) is 19.3. The number of thiophene rings is 1. The van der Waals surface area contributed by atoms with Gasteiger partial charge in [-0.3, -0.25) is 4.90 Å². The van der Waals surface area contributed by atoms with Crippen LogP contribution in [0.5, 0.6) is 23.0 Å². The second kappa shape index (κ2) is 13.6. The van der Waals surface area contributed by atoms with Crippen LogP contribution in [0.15, 0.2) is 212 Å². The van der Waals surface area contributed by atoms with Crippen molar-refractivity contribution in [2.45, 2.75) is 5.41 Å². The van der Waals surface area contributed by atoms with Crippen LogP contribution < -0.4 is 14.4 Å². The topological polar surface area (TPSA) is 21.7 Å². The van der Waals surface area contributed by atoms with E-state index in [4.69, 9.17) is 9.47 Å². The molecular weight excluding hydrogens is 715 g/mol. The highest BCUT2D eigenvalue weighted by molar-refractivity contribution is 7.20. The Balaban J connectivity index is 1.15. The molecule has 3 nitrogen and oxygen atoms in total. The van der Waals surface area contributed by atoms with Gasteiger partial charge in [-0.25, -0.2) is 0 Å². The predicted octanol–water partition coefficient (Wildman–Crippen LogP) is 14.8. The molecule has 0 saturated heterocycles. The zero-order valence-corrected chi connectivity index (χ0v) is 31.7. The van der Waals surface area contributed by atoms with E-state index in [0.29, 0.717) is 17.2 Å². The van der Waals surface area contributed by atoms with Crippen molar-refractivity contribution in [1.82, 2.24) is 0 Å². The number of benzene rings is 8. The van der Waals surface area contributed by atoms with Gasteiger partial charge in [-0.2, -0.15) is 0 Å². The molecule has 1 aromatic heterocycles. The van der Waals surface area contributed by atoms with E-state index in [9.17, 15) is 0 Å². The molecule has 0 spiro atoms. The van der Waals surface area contributed by atoms with Crippen LogP contribution in [-0.4, -0.2) is 0 Å². The Labute approximate surface area is 336 Å². The van der Waals surface area contributed by atoms with Gasteiger partial charge in [0.25, 0.3) is 0 Å². The van der Waals surface area contributed by atoms with Crippen molar-refractivity contribution in [1.29, 1.82) is 0 Å². The van der Waals surface area contributed by atoms with Gasteiger partial charge in [0.15, 0.2) is 17.2 Å². The summed E-state index contributed by atoms with van der Waals surface area (Å²) in [7, 11) is 0. The van der Waals surface area contributed by atoms with E-state index in [2.05, 4.69) is 187 Å². The Kier molecular flexibility index (Phi) is 7.90. The smallest absolute Gasteiger partial charge is 0.205 e. The maximum absolute atomic E-state index is 6.88. The Bertz CT molecular complexity index is 2860. The fourth-order valence-electron chi connectivity index (χ4n) is 8.81. The second-order valence-corrected chi connectivity index (χ2v) is 15.4. The van der Waals surface area contributed by atoms with Crippen molar-refractivity contribution in [3.05, 3.63) is 235 Å². The summed E-state index contributed by atoms with van der Waals surface area (Å²) in [6.45, 7) is 0. The fourth-order valence-corrected chi connectivity index (χ4v) is 10.0. The summed E-state index contributed by atoms with van der Waals surface area (Å²) in [5, 5.41) is 0.934. The molecule has 11 rings (SSSR count). The van der Waals surface area contributed by atoms with Gasteiger partial charge in [0.2, 0.25) is 5.75 Å². The largest absolute Gasteiger partial charge is 0.448 e. The van der Waals surface area contributed by atoms with Crippen molar-refractivity contribution < 1.29 is 9.47 Å². The summed E-state index contributed by atoms with van der Waals surface area (Å²) >= 11 is 1.68. The molecule has 0 atom stereocenters. The minimum Gasteiger partial charge on any atom is -0.448 e. The van der Waals surface area contributed by atoms with Crippen LogP contribution in [0.1, 0.15) is 22.3 Å². The minimum atomic E-state index is -0.497. The van der Waals surface area contributed by atoms with Crippen LogP contribution in [0.25, 0.3) is 32.7 Å². The molecular formula is C53H35NO2S. The summed E-state index contributed by atoms with van der Waals surface area (Å²) in [4.78, 5) is 3.36. The van der Waals surface area contributed by atoms with E-state index in [1.807, 2.05) is 30.3 Å². The molecule has 2 heterocycles. The highest BCUT2D eigenvalue weighted by atomic mass is 32.1. The van der Waals surface area contributed by atoms with E-state index in [1.165, 1.54) is 33.4 Å². The number of para-hydroxylation sites is 3. The monoisotopic (exact) mass is 749 g/mol. The fraction of sp³-hybridized carbons (Fsp3) is 0.0189. The number of hydrogen-bond acceptors (Lipinski definition) is 4. The molecule has 0 radical (unpaired) electrons. The van der Waals surface area contributed by atoms with E-state index in [0.717, 1.165) is 43.7 Å². The Morgan fingerprint density at radius 1 is 0.386 bits per heavy atom. The van der Waals surface area contributed by atoms with Gasteiger partial charge in [-0.15, -0.1) is 11.3 Å². The zero-order chi connectivity index (χ0) is 37.8. The maximum atomic E-state index is 6.88. The van der Waals surface area contributed by atoms with Crippen molar-refractivity contribution in [3.63, 3.8) is 0 Å². The van der Waals surface area contributed by atoms with Gasteiger partial charge in [-0.1, -0.05) is 182 Å². The zero-order valence-electron chi connectivity index (χ0n) is 30.9. The minimum absolute atomic E-state index is 0.497. The van der Waals surface area contributed by atoms with Crippen LogP contribution in [0, 0.1) is 0 Å². The molecule has 270 valence electrons. The summed E-state index contributed by atoms with van der Waals surface area (Å²) in [5.74, 6) is 2.82. The van der Waals surface area contributed by atoms with Crippen LogP contribution in [-0.2, 0) is 5.41 Å². The summed E-state index contributed by atoms with van der Waals surface area (Å²) in [6.07, 6.45) is 0. The van der Waals surface area contributed by atoms with Crippen molar-refractivity contribution in [2.75, 3.05) is 4.90 Å². The number of fused-ring (bicyclic) bond motifs is 5. The summed E-state index contributed by atoms with van der Waals surface area (Å²) in [5.41, 5.74) is 12.4. The highest BCUT2D eigenvalue weighted by Gasteiger charge is 2.46. The number of hydrogen-bond donors (Lipinski definition) is 0. The van der Waals surface area contributed by atoms with Crippen molar-refractivity contribution in [2.24, 2.45) is 0 Å². The van der Waals surface area contributed by atoms with Crippen LogP contribution >= 0.6 is 11.3 Å². The van der Waals surface area contributed by atoms with Crippen molar-refractivity contribution >= 4 is 27.7 Å². The standard InChI is InChI=1S/C53H35NO2S/c1-4-18-36(19-5-1)41-24-12-15-29-46(41)54(52-50-49(51(57-52)37-20-6-2-7-21-37)55-47-30-16-17-31-48(47)56-50)40-34-32-39(33-35-40)53(38-22-8-3-9-23-38)44-27-13-10-25-42(44)43-26-11-14-28-45(43)53/h1-35H. The molecule has 8 aromatic carbocycles. The lowest BCUT2D eigenvalue weighted by atomic mass is 9.68. The van der Waals surface area contributed by atoms with E-state index in [-0.39, 0.29) is 0 Å². The molecule has 9 aromatic rings. The number of rotatable bonds is 7. The molecule has 0 amide bonds. The predicted molar refractivity (Wildman–Crippen MR) is 234 cm³/mol. The van der Waals surface area contributed by atoms with Gasteiger partial charge < -0.3 is 9.47 Å². The quantitative estimate of drug-likeness (QED) is 0.162. The van der Waals surface area contributed by atoms with Gasteiger partial charge in [0.1, 0.15) is 5.00 Å². The van der Waals surface area contributed by atoms with Crippen molar-refractivity contribution in [3.8, 4) is 55.7 Å². The van der Waals surface area contributed by atoms with E-state index in [1.54, 1.807) is 11.3 Å². The van der Waals surface area contributed by atoms with Gasteiger partial charge >= 0.3 is 0 Å². The third-order valence-corrected chi connectivity index (χ3v) is 12.5. The molecule has 0 fully saturated rings. The normalized spacial score (nSPS) is 13.0. The molecule has 0 N–H and O–H groups in total.